The highest BCUT2D eigenvalue weighted by Gasteiger charge is 2.40. The van der Waals surface area contributed by atoms with Crippen LogP contribution in [0.4, 0.5) is 0 Å². The van der Waals surface area contributed by atoms with Gasteiger partial charge in [-0.15, -0.1) is 0 Å². The van der Waals surface area contributed by atoms with Crippen molar-refractivity contribution in [2.75, 3.05) is 6.54 Å². The van der Waals surface area contributed by atoms with Gasteiger partial charge in [-0.05, 0) is 39.0 Å². The van der Waals surface area contributed by atoms with Crippen LogP contribution >= 0.6 is 0 Å². The Morgan fingerprint density at radius 1 is 1.04 bits per heavy atom. The number of nitrogens with zero attached hydrogens (tertiary/aromatic N) is 1. The number of quaternary nitrogens is 1. The number of aliphatic hydroxyl groups is 1. The second-order valence-corrected chi connectivity index (χ2v) is 6.90. The lowest BCUT2D eigenvalue weighted by Crippen LogP contribution is -2.57. The predicted octanol–water partition coefficient (Wildman–Crippen LogP) is 5.04. The summed E-state index contributed by atoms with van der Waals surface area (Å²) in [6, 6.07) is 0. The lowest BCUT2D eigenvalue weighted by atomic mass is 10.1. The molecule has 3 heteroatoms. The first-order valence-electron chi connectivity index (χ1n) is 9.81. The second-order valence-electron chi connectivity index (χ2n) is 6.90. The first kappa shape index (κ1) is 20.2. The number of allylic oxidation sites excluding steroid dienone is 2. The van der Waals surface area contributed by atoms with Crippen molar-refractivity contribution in [3.63, 3.8) is 0 Å². The molecule has 0 amide bonds. The van der Waals surface area contributed by atoms with Gasteiger partial charge in [-0.2, -0.15) is 0 Å². The molecule has 1 aliphatic heterocycles. The van der Waals surface area contributed by atoms with Crippen LogP contribution in [0.2, 0.25) is 0 Å². The van der Waals surface area contributed by atoms with Crippen LogP contribution in [0.25, 0.3) is 0 Å². The first-order valence-corrected chi connectivity index (χ1v) is 9.81. The number of rotatable bonds is 13. The third kappa shape index (κ3) is 6.68. The van der Waals surface area contributed by atoms with Crippen LogP contribution in [0, 0.1) is 0 Å². The molecular weight excluding hydrogens is 284 g/mol. The summed E-state index contributed by atoms with van der Waals surface area (Å²) >= 11 is 0. The highest BCUT2D eigenvalue weighted by molar-refractivity contribution is 4.85. The number of hydrogen-bond donors (Lipinski definition) is 2. The Hall–Kier alpha value is -0.800. The van der Waals surface area contributed by atoms with Gasteiger partial charge in [-0.1, -0.05) is 44.8 Å². The van der Waals surface area contributed by atoms with Crippen molar-refractivity contribution in [2.45, 2.75) is 97.4 Å². The van der Waals surface area contributed by atoms with E-state index in [1.165, 1.54) is 57.8 Å². The van der Waals surface area contributed by atoms with Gasteiger partial charge in [0.05, 0.1) is 12.7 Å². The second kappa shape index (κ2) is 11.7. The van der Waals surface area contributed by atoms with Gasteiger partial charge in [0.25, 0.3) is 0 Å². The normalized spacial score (nSPS) is 25.1. The summed E-state index contributed by atoms with van der Waals surface area (Å²) in [5.74, 6) is 0. The summed E-state index contributed by atoms with van der Waals surface area (Å²) in [5.41, 5.74) is 0. The molecule has 1 aliphatic rings. The van der Waals surface area contributed by atoms with E-state index in [9.17, 15) is 5.11 Å². The highest BCUT2D eigenvalue weighted by atomic mass is 16.3. The van der Waals surface area contributed by atoms with E-state index in [0.717, 1.165) is 13.0 Å². The summed E-state index contributed by atoms with van der Waals surface area (Å²) in [6.45, 7) is 7.26. The molecule has 1 heterocycles. The number of unbranched alkanes of at least 4 members (excludes halogenated alkanes) is 7. The lowest BCUT2D eigenvalue weighted by Gasteiger charge is -2.39. The van der Waals surface area contributed by atoms with Crippen molar-refractivity contribution in [1.29, 1.82) is 0 Å². The Balaban J connectivity index is 2.08. The van der Waals surface area contributed by atoms with E-state index in [0.29, 0.717) is 10.6 Å². The zero-order chi connectivity index (χ0) is 17.0. The Kier molecular flexibility index (Phi) is 10.3. The third-order valence-corrected chi connectivity index (χ3v) is 5.20. The van der Waals surface area contributed by atoms with Crippen molar-refractivity contribution in [3.8, 4) is 0 Å². The number of nitrogens with one attached hydrogen (secondary N) is 1. The van der Waals surface area contributed by atoms with Crippen LogP contribution in [0.5, 0.6) is 0 Å². The maximum Gasteiger partial charge on any atom is 0.193 e. The quantitative estimate of drug-likeness (QED) is 0.283. The van der Waals surface area contributed by atoms with Gasteiger partial charge in [0.15, 0.2) is 12.4 Å². The van der Waals surface area contributed by atoms with Gasteiger partial charge in [-0.25, -0.2) is 0 Å². The Labute approximate surface area is 144 Å². The Morgan fingerprint density at radius 2 is 1.70 bits per heavy atom. The molecule has 0 aromatic carbocycles. The van der Waals surface area contributed by atoms with Crippen LogP contribution in [-0.4, -0.2) is 28.5 Å². The van der Waals surface area contributed by atoms with Crippen LogP contribution in [0.1, 0.15) is 85.0 Å². The van der Waals surface area contributed by atoms with Crippen LogP contribution < -0.4 is 5.32 Å². The largest absolute Gasteiger partial charge is 0.345 e. The monoisotopic (exact) mass is 323 g/mol. The number of aliphatic hydroxyl groups excluding tert-OH is 1. The molecule has 134 valence electrons. The minimum absolute atomic E-state index is 0.341. The Bertz CT molecular complexity index is 352. The standard InChI is InChI=1S/C20H39N2O/c1-4-6-7-8-9-10-11-12-13-14-15-16-20-21-17-18-22(20,5-2)19(3)23/h10-11,17-21,23H,4-9,12-16H2,1-3H3/q+1/b11-10+. The van der Waals surface area contributed by atoms with Gasteiger partial charge >= 0.3 is 0 Å². The van der Waals surface area contributed by atoms with Gasteiger partial charge in [0.2, 0.25) is 0 Å². The minimum Gasteiger partial charge on any atom is -0.345 e. The van der Waals surface area contributed by atoms with E-state index >= 15 is 0 Å². The van der Waals surface area contributed by atoms with Gasteiger partial charge in [-0.3, -0.25) is 4.48 Å². The van der Waals surface area contributed by atoms with E-state index in [1.807, 2.05) is 13.1 Å². The zero-order valence-corrected chi connectivity index (χ0v) is 15.6. The maximum absolute atomic E-state index is 10.1. The zero-order valence-electron chi connectivity index (χ0n) is 15.6. The molecule has 0 aliphatic carbocycles. The summed E-state index contributed by atoms with van der Waals surface area (Å²) < 4.78 is 0.664. The molecule has 0 radical (unpaired) electrons. The van der Waals surface area contributed by atoms with Gasteiger partial charge < -0.3 is 10.4 Å². The molecular formula is C20H39N2O+. The third-order valence-electron chi connectivity index (χ3n) is 5.20. The number of hydrogen-bond acceptors (Lipinski definition) is 2. The molecule has 0 aromatic heterocycles. The smallest absolute Gasteiger partial charge is 0.193 e. The van der Waals surface area contributed by atoms with E-state index in [4.69, 9.17) is 0 Å². The predicted molar refractivity (Wildman–Crippen MR) is 99.5 cm³/mol. The fourth-order valence-corrected chi connectivity index (χ4v) is 3.54. The van der Waals surface area contributed by atoms with Crippen molar-refractivity contribution >= 4 is 0 Å². The first-order chi connectivity index (χ1) is 11.2. The average Bonchev–Trinajstić information content (AvgIpc) is 2.97. The topological polar surface area (TPSA) is 32.3 Å². The SMILES string of the molecule is CCCCCC/C=C/CCCCCC1NC=C[N+]1(CC)C(C)O. The molecule has 2 N–H and O–H groups in total. The molecule has 0 spiro atoms. The molecule has 0 saturated heterocycles. The molecule has 0 bridgehead atoms. The summed E-state index contributed by atoms with van der Waals surface area (Å²) in [6.07, 6.45) is 21.7. The van der Waals surface area contributed by atoms with E-state index in [1.54, 1.807) is 0 Å². The van der Waals surface area contributed by atoms with E-state index in [-0.39, 0.29) is 6.23 Å². The fourth-order valence-electron chi connectivity index (χ4n) is 3.54. The molecule has 0 fully saturated rings. The summed E-state index contributed by atoms with van der Waals surface area (Å²) in [5, 5.41) is 13.6. The van der Waals surface area contributed by atoms with Crippen molar-refractivity contribution in [2.24, 2.45) is 0 Å². The molecule has 3 nitrogen and oxygen atoms in total. The van der Waals surface area contributed by atoms with Crippen molar-refractivity contribution < 1.29 is 9.59 Å². The highest BCUT2D eigenvalue weighted by Crippen LogP contribution is 2.25. The molecule has 23 heavy (non-hydrogen) atoms. The van der Waals surface area contributed by atoms with Crippen molar-refractivity contribution in [1.82, 2.24) is 5.32 Å². The van der Waals surface area contributed by atoms with E-state index < -0.39 is 0 Å². The minimum atomic E-state index is -0.341. The van der Waals surface area contributed by atoms with E-state index in [2.05, 4.69) is 37.5 Å². The lowest BCUT2D eigenvalue weighted by molar-refractivity contribution is -0.942. The molecule has 3 atom stereocenters. The van der Waals surface area contributed by atoms with Gasteiger partial charge in [0, 0.05) is 13.3 Å². The molecule has 0 saturated carbocycles. The van der Waals surface area contributed by atoms with Crippen LogP contribution in [0.15, 0.2) is 24.6 Å². The molecule has 1 rings (SSSR count). The van der Waals surface area contributed by atoms with Crippen LogP contribution in [-0.2, 0) is 0 Å². The molecule has 0 aromatic rings. The Morgan fingerprint density at radius 3 is 2.26 bits per heavy atom. The average molecular weight is 324 g/mol. The van der Waals surface area contributed by atoms with Crippen molar-refractivity contribution in [3.05, 3.63) is 24.6 Å². The molecule has 3 unspecified atom stereocenters. The van der Waals surface area contributed by atoms with Gasteiger partial charge in [0.1, 0.15) is 6.20 Å². The maximum atomic E-state index is 10.1. The fraction of sp³-hybridized carbons (Fsp3) is 0.800. The summed E-state index contributed by atoms with van der Waals surface area (Å²) in [4.78, 5) is 0. The van der Waals surface area contributed by atoms with Crippen LogP contribution in [0.3, 0.4) is 0 Å². The summed E-state index contributed by atoms with van der Waals surface area (Å²) in [7, 11) is 0.